The number of nitro benzene ring substituents is 1. The minimum Gasteiger partial charge on any atom is -0.463 e. The Morgan fingerprint density at radius 3 is 2.79 bits per heavy atom. The molecule has 2 atom stereocenters. The van der Waals surface area contributed by atoms with Crippen LogP contribution < -0.4 is 5.32 Å². The van der Waals surface area contributed by atoms with E-state index in [1.54, 1.807) is 13.0 Å². The van der Waals surface area contributed by atoms with E-state index in [9.17, 15) is 25.0 Å². The Morgan fingerprint density at radius 1 is 1.50 bits per heavy atom. The number of nitrogens with one attached hydrogen (secondary N) is 1. The van der Waals surface area contributed by atoms with Crippen LogP contribution in [0.1, 0.15) is 25.3 Å². The van der Waals surface area contributed by atoms with Crippen LogP contribution in [0.15, 0.2) is 35.5 Å². The molecule has 2 rings (SSSR count). The lowest BCUT2D eigenvalue weighted by molar-refractivity contribution is -0.384. The van der Waals surface area contributed by atoms with Crippen LogP contribution in [0.2, 0.25) is 0 Å². The molecule has 8 nitrogen and oxygen atoms in total. The third-order valence-electron chi connectivity index (χ3n) is 3.72. The van der Waals surface area contributed by atoms with Gasteiger partial charge in [0.1, 0.15) is 5.92 Å². The van der Waals surface area contributed by atoms with Gasteiger partial charge in [0.2, 0.25) is 5.91 Å². The van der Waals surface area contributed by atoms with E-state index in [1.165, 1.54) is 25.1 Å². The van der Waals surface area contributed by atoms with Gasteiger partial charge in [-0.15, -0.1) is 0 Å². The minimum atomic E-state index is -1.19. The van der Waals surface area contributed by atoms with E-state index in [1.807, 2.05) is 6.07 Å². The molecule has 1 aliphatic heterocycles. The van der Waals surface area contributed by atoms with Gasteiger partial charge >= 0.3 is 5.97 Å². The maximum absolute atomic E-state index is 12.3. The standard InChI is InChI=1S/C16H15N3O5/c1-3-24-16(21)13-9(2)18-15(20)12(8-17)14(13)10-5-4-6-11(7-10)19(22)23/h4-7,12,14H,3H2,1-2H3,(H,18,20)/t12-,14+/m0/s1. The highest BCUT2D eigenvalue weighted by molar-refractivity contribution is 5.97. The summed E-state index contributed by atoms with van der Waals surface area (Å²) in [4.78, 5) is 34.8. The van der Waals surface area contributed by atoms with Crippen molar-refractivity contribution in [2.24, 2.45) is 5.92 Å². The van der Waals surface area contributed by atoms with Crippen molar-refractivity contribution in [2.45, 2.75) is 19.8 Å². The molecule has 0 saturated carbocycles. The second-order valence-corrected chi connectivity index (χ2v) is 5.18. The Balaban J connectivity index is 2.63. The fourth-order valence-electron chi connectivity index (χ4n) is 2.69. The molecule has 0 unspecified atom stereocenters. The molecule has 24 heavy (non-hydrogen) atoms. The van der Waals surface area contributed by atoms with Crippen molar-refractivity contribution in [3.8, 4) is 6.07 Å². The highest BCUT2D eigenvalue weighted by Crippen LogP contribution is 2.38. The molecular weight excluding hydrogens is 314 g/mol. The zero-order valence-corrected chi connectivity index (χ0v) is 13.1. The summed E-state index contributed by atoms with van der Waals surface area (Å²) in [6.07, 6.45) is 0. The van der Waals surface area contributed by atoms with Gasteiger partial charge in [0.25, 0.3) is 5.69 Å². The number of carbonyl (C=O) groups excluding carboxylic acids is 2. The number of ether oxygens (including phenoxy) is 1. The number of hydrogen-bond acceptors (Lipinski definition) is 6. The quantitative estimate of drug-likeness (QED) is 0.510. The van der Waals surface area contributed by atoms with Crippen molar-refractivity contribution in [1.29, 1.82) is 5.26 Å². The monoisotopic (exact) mass is 329 g/mol. The van der Waals surface area contributed by atoms with E-state index in [0.29, 0.717) is 5.56 Å². The second-order valence-electron chi connectivity index (χ2n) is 5.18. The maximum Gasteiger partial charge on any atom is 0.336 e. The van der Waals surface area contributed by atoms with Crippen molar-refractivity contribution in [3.63, 3.8) is 0 Å². The SMILES string of the molecule is CCOC(=O)C1=C(C)NC(=O)[C@@H](C#N)[C@H]1c1cccc([N+](=O)[O-])c1. The Labute approximate surface area is 137 Å². The molecule has 0 spiro atoms. The first-order valence-corrected chi connectivity index (χ1v) is 7.23. The number of nitro groups is 1. The van der Waals surface area contributed by atoms with E-state index in [4.69, 9.17) is 4.74 Å². The number of allylic oxidation sites excluding steroid dienone is 1. The van der Waals surface area contributed by atoms with Gasteiger partial charge in [-0.2, -0.15) is 5.26 Å². The molecule has 1 aromatic rings. The summed E-state index contributed by atoms with van der Waals surface area (Å²) in [6, 6.07) is 7.44. The highest BCUT2D eigenvalue weighted by Gasteiger charge is 2.41. The number of hydrogen-bond donors (Lipinski definition) is 1. The minimum absolute atomic E-state index is 0.127. The third kappa shape index (κ3) is 3.10. The van der Waals surface area contributed by atoms with E-state index < -0.39 is 28.6 Å². The molecule has 124 valence electrons. The molecule has 0 aliphatic carbocycles. The van der Waals surface area contributed by atoms with Crippen molar-refractivity contribution in [1.82, 2.24) is 5.32 Å². The average molecular weight is 329 g/mol. The first kappa shape index (κ1) is 17.1. The van der Waals surface area contributed by atoms with Gasteiger partial charge in [-0.05, 0) is 19.4 Å². The third-order valence-corrected chi connectivity index (χ3v) is 3.72. The Kier molecular flexibility index (Phi) is 4.94. The van der Waals surface area contributed by atoms with Crippen molar-refractivity contribution in [2.75, 3.05) is 6.61 Å². The number of carbonyl (C=O) groups is 2. The predicted octanol–water partition coefficient (Wildman–Crippen LogP) is 1.79. The molecule has 1 aromatic carbocycles. The van der Waals surface area contributed by atoms with Crippen LogP contribution in [0.5, 0.6) is 0 Å². The molecule has 0 saturated heterocycles. The fraction of sp³-hybridized carbons (Fsp3) is 0.312. The van der Waals surface area contributed by atoms with Gasteiger partial charge in [0.05, 0.1) is 23.2 Å². The number of nitriles is 1. The number of rotatable bonds is 4. The fourth-order valence-corrected chi connectivity index (χ4v) is 2.69. The van der Waals surface area contributed by atoms with E-state index in [-0.39, 0.29) is 23.6 Å². The summed E-state index contributed by atoms with van der Waals surface area (Å²) in [5, 5.41) is 22.8. The molecule has 0 radical (unpaired) electrons. The maximum atomic E-state index is 12.3. The zero-order valence-electron chi connectivity index (χ0n) is 13.1. The number of nitrogens with zero attached hydrogens (tertiary/aromatic N) is 2. The summed E-state index contributed by atoms with van der Waals surface area (Å²) in [5.74, 6) is -3.33. The van der Waals surface area contributed by atoms with Gasteiger partial charge in [-0.25, -0.2) is 4.79 Å². The Hall–Kier alpha value is -3.21. The normalized spacial score (nSPS) is 20.1. The van der Waals surface area contributed by atoms with E-state index in [2.05, 4.69) is 5.32 Å². The van der Waals surface area contributed by atoms with Gasteiger partial charge in [-0.3, -0.25) is 14.9 Å². The van der Waals surface area contributed by atoms with Crippen LogP contribution in [-0.4, -0.2) is 23.4 Å². The van der Waals surface area contributed by atoms with Gasteiger partial charge in [-0.1, -0.05) is 12.1 Å². The molecule has 1 heterocycles. The second kappa shape index (κ2) is 6.91. The highest BCUT2D eigenvalue weighted by atomic mass is 16.6. The number of non-ortho nitro benzene ring substituents is 1. The molecule has 8 heteroatoms. The lowest BCUT2D eigenvalue weighted by Gasteiger charge is -2.29. The van der Waals surface area contributed by atoms with Crippen LogP contribution in [0.4, 0.5) is 5.69 Å². The molecule has 1 amide bonds. The van der Waals surface area contributed by atoms with Crippen LogP contribution in [0.3, 0.4) is 0 Å². The first-order chi connectivity index (χ1) is 11.4. The average Bonchev–Trinajstić information content (AvgIpc) is 2.54. The van der Waals surface area contributed by atoms with Gasteiger partial charge < -0.3 is 10.1 Å². The summed E-state index contributed by atoms with van der Waals surface area (Å²) in [6.45, 7) is 3.30. The molecule has 1 N–H and O–H groups in total. The smallest absolute Gasteiger partial charge is 0.336 e. The number of benzene rings is 1. The first-order valence-electron chi connectivity index (χ1n) is 7.23. The summed E-state index contributed by atoms with van der Waals surface area (Å²) in [7, 11) is 0. The predicted molar refractivity (Wildman–Crippen MR) is 82.4 cm³/mol. The van der Waals surface area contributed by atoms with Crippen molar-refractivity contribution in [3.05, 3.63) is 51.2 Å². The van der Waals surface area contributed by atoms with Gasteiger partial charge in [0, 0.05) is 23.7 Å². The summed E-state index contributed by atoms with van der Waals surface area (Å²) >= 11 is 0. The molecular formula is C16H15N3O5. The van der Waals surface area contributed by atoms with Crippen LogP contribution in [0, 0.1) is 27.4 Å². The molecule has 0 bridgehead atoms. The van der Waals surface area contributed by atoms with E-state index >= 15 is 0 Å². The largest absolute Gasteiger partial charge is 0.463 e. The topological polar surface area (TPSA) is 122 Å². The molecule has 0 aromatic heterocycles. The van der Waals surface area contributed by atoms with Crippen LogP contribution >= 0.6 is 0 Å². The zero-order chi connectivity index (χ0) is 17.9. The Bertz CT molecular complexity index is 778. The van der Waals surface area contributed by atoms with Crippen molar-refractivity contribution >= 4 is 17.6 Å². The molecule has 1 aliphatic rings. The molecule has 0 fully saturated rings. The Morgan fingerprint density at radius 2 is 2.21 bits per heavy atom. The summed E-state index contributed by atoms with van der Waals surface area (Å²) in [5.41, 5.74) is 0.564. The lowest BCUT2D eigenvalue weighted by Crippen LogP contribution is -2.41. The van der Waals surface area contributed by atoms with Crippen LogP contribution in [0.25, 0.3) is 0 Å². The number of amides is 1. The van der Waals surface area contributed by atoms with Crippen molar-refractivity contribution < 1.29 is 19.2 Å². The van der Waals surface area contributed by atoms with E-state index in [0.717, 1.165) is 0 Å². The lowest BCUT2D eigenvalue weighted by atomic mass is 9.77. The summed E-state index contributed by atoms with van der Waals surface area (Å²) < 4.78 is 5.02. The van der Waals surface area contributed by atoms with Gasteiger partial charge in [0.15, 0.2) is 0 Å². The van der Waals surface area contributed by atoms with Crippen LogP contribution in [-0.2, 0) is 14.3 Å². The number of esters is 1.